The number of amides is 2. The fraction of sp³-hybridized carbons (Fsp3) is 0.538. The summed E-state index contributed by atoms with van der Waals surface area (Å²) in [5.41, 5.74) is 1.54. The van der Waals surface area contributed by atoms with Crippen LogP contribution in [0.5, 0.6) is 0 Å². The molecule has 1 spiro atoms. The van der Waals surface area contributed by atoms with Gasteiger partial charge in [0, 0.05) is 45.9 Å². The third kappa shape index (κ3) is 6.64. The number of carbonyl (C=O) groups excluding carboxylic acids is 4. The largest absolute Gasteiger partial charge is 0.460 e. The van der Waals surface area contributed by atoms with Crippen LogP contribution in [0.3, 0.4) is 0 Å². The molecule has 3 aliphatic heterocycles. The number of nitrogens with one attached hydrogen (secondary N) is 1. The smallest absolute Gasteiger partial charge is 0.327 e. The second-order valence-corrected chi connectivity index (χ2v) is 15.7. The van der Waals surface area contributed by atoms with E-state index in [1.807, 2.05) is 48.5 Å². The van der Waals surface area contributed by atoms with Crippen molar-refractivity contribution >= 4 is 29.8 Å². The maximum atomic E-state index is 14.8. The van der Waals surface area contributed by atoms with Gasteiger partial charge in [0.05, 0.1) is 19.2 Å². The molecule has 278 valence electrons. The standard InChI is InChI=1S/C39H47N3O10/c1-37(2,3)49-30(45)17-15-27(22-43)40-36(47)39-20-28-31-32(51-38(50-31)18-24-11-7-8-12-25(24)19-38)34(39)52-42(33(39)35(46)48-28)21-26-13-9-6-10-23(26)14-16-29(44)41(4)5/h6-14,16,27-28,31-34,43H,15,17-22H2,1-5H3,(H,40,47)/t27-,28-,31-,32-,33-,34+,39-/m0/s1. The number of likely N-dealkylation sites (N-methyl/N-ethyl adjacent to an activating group) is 1. The summed E-state index contributed by atoms with van der Waals surface area (Å²) in [5, 5.41) is 14.8. The number of fused-ring (bicyclic) bond motifs is 5. The van der Waals surface area contributed by atoms with Gasteiger partial charge in [0.1, 0.15) is 35.4 Å². The molecule has 0 unspecified atom stereocenters. The summed E-state index contributed by atoms with van der Waals surface area (Å²) in [6.07, 6.45) is 1.20. The fourth-order valence-corrected chi connectivity index (χ4v) is 8.29. The van der Waals surface area contributed by atoms with Crippen LogP contribution < -0.4 is 5.32 Å². The number of aliphatic hydroxyl groups is 1. The Morgan fingerprint density at radius 2 is 1.73 bits per heavy atom. The highest BCUT2D eigenvalue weighted by molar-refractivity contribution is 5.94. The lowest BCUT2D eigenvalue weighted by Gasteiger charge is -2.49. The average molecular weight is 718 g/mol. The molecular weight excluding hydrogens is 670 g/mol. The van der Waals surface area contributed by atoms with Crippen LogP contribution in [-0.4, -0.2) is 107 Å². The van der Waals surface area contributed by atoms with Crippen LogP contribution in [0.1, 0.15) is 62.3 Å². The zero-order chi connectivity index (χ0) is 37.0. The Balaban J connectivity index is 1.21. The maximum Gasteiger partial charge on any atom is 0.327 e. The minimum atomic E-state index is -1.48. The molecule has 3 heterocycles. The van der Waals surface area contributed by atoms with E-state index in [4.69, 9.17) is 23.8 Å². The molecule has 2 amide bonds. The highest BCUT2D eigenvalue weighted by Crippen LogP contribution is 2.58. The summed E-state index contributed by atoms with van der Waals surface area (Å²) >= 11 is 0. The first-order chi connectivity index (χ1) is 24.7. The Morgan fingerprint density at radius 3 is 2.40 bits per heavy atom. The third-order valence-electron chi connectivity index (χ3n) is 10.6. The number of hydrogen-bond acceptors (Lipinski definition) is 11. The van der Waals surface area contributed by atoms with Gasteiger partial charge in [0.2, 0.25) is 11.8 Å². The van der Waals surface area contributed by atoms with Gasteiger partial charge in [-0.2, -0.15) is 5.06 Å². The van der Waals surface area contributed by atoms with Gasteiger partial charge < -0.3 is 34.3 Å². The number of hydrogen-bond donors (Lipinski definition) is 2. The monoisotopic (exact) mass is 717 g/mol. The van der Waals surface area contributed by atoms with Crippen molar-refractivity contribution in [1.82, 2.24) is 15.3 Å². The average Bonchev–Trinajstić information content (AvgIpc) is 3.76. The van der Waals surface area contributed by atoms with E-state index in [1.54, 1.807) is 40.9 Å². The molecule has 0 radical (unpaired) electrons. The normalized spacial score (nSPS) is 29.0. The molecule has 5 aliphatic rings. The van der Waals surface area contributed by atoms with Crippen molar-refractivity contribution in [1.29, 1.82) is 0 Å². The van der Waals surface area contributed by atoms with Gasteiger partial charge in [0.25, 0.3) is 0 Å². The molecular formula is C39H47N3O10. The van der Waals surface area contributed by atoms with Gasteiger partial charge in [0.15, 0.2) is 11.8 Å². The molecule has 52 heavy (non-hydrogen) atoms. The van der Waals surface area contributed by atoms with E-state index in [1.165, 1.54) is 16.0 Å². The topological polar surface area (TPSA) is 153 Å². The second-order valence-electron chi connectivity index (χ2n) is 15.7. The number of ether oxygens (including phenoxy) is 4. The number of hydroxylamine groups is 2. The number of carbonyl (C=O) groups is 4. The maximum absolute atomic E-state index is 14.8. The number of nitrogens with zero attached hydrogens (tertiary/aromatic N) is 2. The molecule has 1 saturated carbocycles. The Hall–Kier alpha value is -4.14. The molecule has 2 N–H and O–H groups in total. The van der Waals surface area contributed by atoms with E-state index in [9.17, 15) is 24.3 Å². The molecule has 2 aromatic carbocycles. The number of aliphatic hydroxyl groups excluding tert-OH is 1. The zero-order valence-corrected chi connectivity index (χ0v) is 30.2. The van der Waals surface area contributed by atoms with Crippen molar-refractivity contribution in [3.8, 4) is 0 Å². The van der Waals surface area contributed by atoms with Crippen LogP contribution in [0.2, 0.25) is 0 Å². The van der Waals surface area contributed by atoms with Crippen LogP contribution in [0.25, 0.3) is 6.08 Å². The van der Waals surface area contributed by atoms with E-state index < -0.39 is 77.8 Å². The Kier molecular flexibility index (Phi) is 9.53. The Labute approximate surface area is 303 Å². The summed E-state index contributed by atoms with van der Waals surface area (Å²) < 4.78 is 25.1. The predicted molar refractivity (Wildman–Crippen MR) is 186 cm³/mol. The van der Waals surface area contributed by atoms with Crippen molar-refractivity contribution in [3.05, 3.63) is 76.9 Å². The summed E-state index contributed by atoms with van der Waals surface area (Å²) in [4.78, 5) is 62.0. The van der Waals surface area contributed by atoms with E-state index in [2.05, 4.69) is 5.32 Å². The molecule has 2 aromatic rings. The van der Waals surface area contributed by atoms with Gasteiger partial charge in [-0.25, -0.2) is 0 Å². The van der Waals surface area contributed by atoms with Gasteiger partial charge in [-0.15, -0.1) is 0 Å². The summed E-state index contributed by atoms with van der Waals surface area (Å²) in [6, 6.07) is 13.5. The van der Waals surface area contributed by atoms with Crippen molar-refractivity contribution in [3.63, 3.8) is 0 Å². The van der Waals surface area contributed by atoms with Crippen molar-refractivity contribution in [2.75, 3.05) is 20.7 Å². The second kappa shape index (κ2) is 13.7. The lowest BCUT2D eigenvalue weighted by atomic mass is 9.62. The van der Waals surface area contributed by atoms with Crippen LogP contribution >= 0.6 is 0 Å². The minimum absolute atomic E-state index is 0.0265. The quantitative estimate of drug-likeness (QED) is 0.276. The van der Waals surface area contributed by atoms with Gasteiger partial charge in [-0.3, -0.25) is 24.0 Å². The van der Waals surface area contributed by atoms with Crippen LogP contribution in [-0.2, 0) is 62.3 Å². The number of esters is 2. The Bertz CT molecular complexity index is 1750. The van der Waals surface area contributed by atoms with Crippen LogP contribution in [0.4, 0.5) is 0 Å². The Morgan fingerprint density at radius 1 is 1.06 bits per heavy atom. The minimum Gasteiger partial charge on any atom is -0.460 e. The first-order valence-electron chi connectivity index (χ1n) is 17.9. The van der Waals surface area contributed by atoms with Gasteiger partial charge in [-0.05, 0) is 55.5 Å². The molecule has 13 heteroatoms. The lowest BCUT2D eigenvalue weighted by molar-refractivity contribution is -0.217. The third-order valence-corrected chi connectivity index (χ3v) is 10.6. The van der Waals surface area contributed by atoms with Gasteiger partial charge >= 0.3 is 11.9 Å². The van der Waals surface area contributed by atoms with Crippen molar-refractivity contribution in [2.45, 2.75) is 107 Å². The molecule has 13 nitrogen and oxygen atoms in total. The predicted octanol–water partition coefficient (Wildman–Crippen LogP) is 2.47. The highest BCUT2D eigenvalue weighted by Gasteiger charge is 2.76. The van der Waals surface area contributed by atoms with Crippen LogP contribution in [0.15, 0.2) is 54.6 Å². The van der Waals surface area contributed by atoms with E-state index in [-0.39, 0.29) is 31.7 Å². The first kappa shape index (κ1) is 36.2. The van der Waals surface area contributed by atoms with E-state index >= 15 is 0 Å². The molecule has 0 aromatic heterocycles. The van der Waals surface area contributed by atoms with Crippen molar-refractivity contribution < 1.29 is 48.1 Å². The molecule has 2 aliphatic carbocycles. The summed E-state index contributed by atoms with van der Waals surface area (Å²) in [5.74, 6) is -2.78. The first-order valence-corrected chi connectivity index (χ1v) is 17.9. The molecule has 7 rings (SSSR count). The SMILES string of the molecule is CN(C)C(=O)C=Cc1ccccc1CN1O[C@@H]2[C@H]3OC4(Cc5ccccc5C4)O[C@H]3[C@@H]3C[C@]2(C(=O)N[C@H](CO)CCC(=O)OC(C)(C)C)[C@@H]1C(=O)O3. The molecule has 2 bridgehead atoms. The van der Waals surface area contributed by atoms with Crippen LogP contribution in [0, 0.1) is 5.41 Å². The molecule has 7 atom stereocenters. The summed E-state index contributed by atoms with van der Waals surface area (Å²) in [6.45, 7) is 4.97. The molecule has 3 saturated heterocycles. The van der Waals surface area contributed by atoms with E-state index in [0.29, 0.717) is 12.8 Å². The highest BCUT2D eigenvalue weighted by atomic mass is 16.8. The lowest BCUT2D eigenvalue weighted by Crippen LogP contribution is -2.70. The summed E-state index contributed by atoms with van der Waals surface area (Å²) in [7, 11) is 3.33. The fourth-order valence-electron chi connectivity index (χ4n) is 8.29. The van der Waals surface area contributed by atoms with E-state index in [0.717, 1.165) is 22.3 Å². The van der Waals surface area contributed by atoms with Crippen molar-refractivity contribution in [2.24, 2.45) is 5.41 Å². The number of rotatable bonds is 10. The zero-order valence-electron chi connectivity index (χ0n) is 30.2. The number of benzene rings is 2. The van der Waals surface area contributed by atoms with Gasteiger partial charge in [-0.1, -0.05) is 48.5 Å². The molecule has 4 fully saturated rings.